The summed E-state index contributed by atoms with van der Waals surface area (Å²) in [7, 11) is 0. The summed E-state index contributed by atoms with van der Waals surface area (Å²) in [5, 5.41) is 3.06. The van der Waals surface area contributed by atoms with Gasteiger partial charge < -0.3 is 10.1 Å². The van der Waals surface area contributed by atoms with Gasteiger partial charge in [-0.3, -0.25) is 4.98 Å². The predicted molar refractivity (Wildman–Crippen MR) is 50.6 cm³/mol. The molecule has 0 fully saturated rings. The number of ether oxygens (including phenoxy) is 1. The minimum Gasteiger partial charge on any atom is -0.374 e. The van der Waals surface area contributed by atoms with E-state index in [0.29, 0.717) is 19.7 Å². The van der Waals surface area contributed by atoms with Crippen molar-refractivity contribution in [3.8, 4) is 0 Å². The first-order valence-electron chi connectivity index (χ1n) is 4.23. The standard InChI is InChI=1S/C8H12F2N2OS/c9-8(10)5-13-2-1-11-3-7-4-12-6-14-7/h4,6,8,11H,1-3,5H2. The molecule has 1 heterocycles. The van der Waals surface area contributed by atoms with Gasteiger partial charge in [0, 0.05) is 24.2 Å². The minimum atomic E-state index is -2.38. The van der Waals surface area contributed by atoms with Crippen molar-refractivity contribution in [3.63, 3.8) is 0 Å². The SMILES string of the molecule is FC(F)COCCNCc1cncs1. The normalized spacial score (nSPS) is 11.1. The lowest BCUT2D eigenvalue weighted by molar-refractivity contribution is 0.0187. The molecule has 0 radical (unpaired) electrons. The van der Waals surface area contributed by atoms with E-state index in [0.717, 1.165) is 4.88 Å². The van der Waals surface area contributed by atoms with Crippen molar-refractivity contribution in [2.75, 3.05) is 19.8 Å². The number of halogens is 2. The molecule has 14 heavy (non-hydrogen) atoms. The molecule has 1 aromatic heterocycles. The van der Waals surface area contributed by atoms with E-state index in [1.807, 2.05) is 0 Å². The van der Waals surface area contributed by atoms with Crippen LogP contribution in [0.1, 0.15) is 4.88 Å². The summed E-state index contributed by atoms with van der Waals surface area (Å²) >= 11 is 1.56. The third-order valence-corrected chi connectivity index (χ3v) is 2.23. The van der Waals surface area contributed by atoms with Gasteiger partial charge in [0.1, 0.15) is 6.61 Å². The second-order valence-corrected chi connectivity index (χ2v) is 3.58. The number of rotatable bonds is 7. The van der Waals surface area contributed by atoms with Crippen LogP contribution in [-0.4, -0.2) is 31.2 Å². The highest BCUT2D eigenvalue weighted by molar-refractivity contribution is 7.09. The van der Waals surface area contributed by atoms with Crippen molar-refractivity contribution in [2.45, 2.75) is 13.0 Å². The lowest BCUT2D eigenvalue weighted by Gasteiger charge is -2.04. The summed E-state index contributed by atoms with van der Waals surface area (Å²) < 4.78 is 27.9. The van der Waals surface area contributed by atoms with E-state index < -0.39 is 13.0 Å². The number of thiazole rings is 1. The Labute approximate surface area is 85.1 Å². The second kappa shape index (κ2) is 6.80. The summed E-state index contributed by atoms with van der Waals surface area (Å²) in [6.45, 7) is 1.11. The fourth-order valence-electron chi connectivity index (χ4n) is 0.858. The lowest BCUT2D eigenvalue weighted by atomic mass is 10.5. The van der Waals surface area contributed by atoms with Crippen molar-refractivity contribution in [2.24, 2.45) is 0 Å². The largest absolute Gasteiger partial charge is 0.374 e. The van der Waals surface area contributed by atoms with E-state index in [-0.39, 0.29) is 0 Å². The molecule has 0 aromatic carbocycles. The van der Waals surface area contributed by atoms with E-state index in [4.69, 9.17) is 0 Å². The van der Waals surface area contributed by atoms with Gasteiger partial charge in [0.15, 0.2) is 0 Å². The molecule has 0 spiro atoms. The maximum absolute atomic E-state index is 11.6. The van der Waals surface area contributed by atoms with Crippen LogP contribution in [0.5, 0.6) is 0 Å². The van der Waals surface area contributed by atoms with Crippen LogP contribution < -0.4 is 5.32 Å². The van der Waals surface area contributed by atoms with Gasteiger partial charge in [0.2, 0.25) is 0 Å². The molecule has 1 aromatic rings. The highest BCUT2D eigenvalue weighted by atomic mass is 32.1. The van der Waals surface area contributed by atoms with Crippen LogP contribution in [0, 0.1) is 0 Å². The monoisotopic (exact) mass is 222 g/mol. The Morgan fingerprint density at radius 2 is 2.43 bits per heavy atom. The van der Waals surface area contributed by atoms with Crippen LogP contribution in [0.25, 0.3) is 0 Å². The fraction of sp³-hybridized carbons (Fsp3) is 0.625. The molecule has 3 nitrogen and oxygen atoms in total. The highest BCUT2D eigenvalue weighted by Crippen LogP contribution is 2.03. The molecule has 0 saturated carbocycles. The highest BCUT2D eigenvalue weighted by Gasteiger charge is 2.00. The molecule has 0 bridgehead atoms. The van der Waals surface area contributed by atoms with Crippen molar-refractivity contribution in [1.82, 2.24) is 10.3 Å². The first-order chi connectivity index (χ1) is 6.79. The maximum atomic E-state index is 11.6. The Hall–Kier alpha value is -0.590. The zero-order chi connectivity index (χ0) is 10.2. The molecule has 0 aliphatic carbocycles. The Morgan fingerprint density at radius 3 is 3.07 bits per heavy atom. The molecule has 0 aliphatic heterocycles. The summed E-state index contributed by atoms with van der Waals surface area (Å²) in [5.74, 6) is 0. The summed E-state index contributed by atoms with van der Waals surface area (Å²) in [6.07, 6.45) is -0.603. The van der Waals surface area contributed by atoms with Crippen molar-refractivity contribution in [3.05, 3.63) is 16.6 Å². The molecule has 0 unspecified atom stereocenters. The molecule has 6 heteroatoms. The van der Waals surface area contributed by atoms with Crippen LogP contribution in [-0.2, 0) is 11.3 Å². The molecule has 80 valence electrons. The Balaban J connectivity index is 1.90. The van der Waals surface area contributed by atoms with E-state index >= 15 is 0 Å². The Morgan fingerprint density at radius 1 is 1.57 bits per heavy atom. The number of hydrogen-bond acceptors (Lipinski definition) is 4. The smallest absolute Gasteiger partial charge is 0.261 e. The van der Waals surface area contributed by atoms with Gasteiger partial charge in [-0.25, -0.2) is 8.78 Å². The lowest BCUT2D eigenvalue weighted by Crippen LogP contribution is -2.20. The van der Waals surface area contributed by atoms with E-state index in [1.54, 1.807) is 23.0 Å². The van der Waals surface area contributed by atoms with Crippen molar-refractivity contribution in [1.29, 1.82) is 0 Å². The van der Waals surface area contributed by atoms with Gasteiger partial charge in [-0.2, -0.15) is 0 Å². The van der Waals surface area contributed by atoms with Crippen LogP contribution in [0.3, 0.4) is 0 Å². The second-order valence-electron chi connectivity index (χ2n) is 2.61. The average Bonchev–Trinajstić information content (AvgIpc) is 2.63. The quantitative estimate of drug-likeness (QED) is 0.710. The number of aromatic nitrogens is 1. The molecule has 0 saturated heterocycles. The van der Waals surface area contributed by atoms with Gasteiger partial charge in [-0.1, -0.05) is 0 Å². The van der Waals surface area contributed by atoms with Crippen molar-refractivity contribution < 1.29 is 13.5 Å². The van der Waals surface area contributed by atoms with E-state index in [2.05, 4.69) is 15.0 Å². The Kier molecular flexibility index (Phi) is 5.58. The number of alkyl halides is 2. The molecule has 1 N–H and O–H groups in total. The fourth-order valence-corrected chi connectivity index (χ4v) is 1.42. The van der Waals surface area contributed by atoms with E-state index in [1.165, 1.54) is 0 Å². The molecular weight excluding hydrogens is 210 g/mol. The van der Waals surface area contributed by atoms with Crippen LogP contribution in [0.2, 0.25) is 0 Å². The molecule has 0 atom stereocenters. The van der Waals surface area contributed by atoms with E-state index in [9.17, 15) is 8.78 Å². The van der Waals surface area contributed by atoms with Gasteiger partial charge in [0.05, 0.1) is 12.1 Å². The van der Waals surface area contributed by atoms with Gasteiger partial charge in [0.25, 0.3) is 6.43 Å². The third-order valence-electron chi connectivity index (χ3n) is 1.45. The van der Waals surface area contributed by atoms with Crippen LogP contribution in [0.15, 0.2) is 11.7 Å². The summed E-state index contributed by atoms with van der Waals surface area (Å²) in [4.78, 5) is 5.03. The Bertz CT molecular complexity index is 231. The minimum absolute atomic E-state index is 0.309. The molecule has 0 amide bonds. The predicted octanol–water partition coefficient (Wildman–Crippen LogP) is 1.51. The topological polar surface area (TPSA) is 34.1 Å². The third kappa shape index (κ3) is 5.21. The molecular formula is C8H12F2N2OS. The zero-order valence-electron chi connectivity index (χ0n) is 7.58. The van der Waals surface area contributed by atoms with Gasteiger partial charge >= 0.3 is 0 Å². The van der Waals surface area contributed by atoms with Crippen LogP contribution in [0.4, 0.5) is 8.78 Å². The molecule has 1 rings (SSSR count). The van der Waals surface area contributed by atoms with Crippen LogP contribution >= 0.6 is 11.3 Å². The summed E-state index contributed by atoms with van der Waals surface area (Å²) in [5.41, 5.74) is 1.75. The van der Waals surface area contributed by atoms with Crippen molar-refractivity contribution >= 4 is 11.3 Å². The number of hydrogen-bond donors (Lipinski definition) is 1. The first kappa shape index (κ1) is 11.5. The maximum Gasteiger partial charge on any atom is 0.261 e. The molecule has 0 aliphatic rings. The average molecular weight is 222 g/mol. The zero-order valence-corrected chi connectivity index (χ0v) is 8.40. The van der Waals surface area contributed by atoms with Gasteiger partial charge in [-0.15, -0.1) is 11.3 Å². The number of nitrogens with zero attached hydrogens (tertiary/aromatic N) is 1. The first-order valence-corrected chi connectivity index (χ1v) is 5.11. The van der Waals surface area contributed by atoms with Gasteiger partial charge in [-0.05, 0) is 0 Å². The number of nitrogens with one attached hydrogen (secondary N) is 1. The summed E-state index contributed by atoms with van der Waals surface area (Å²) in [6, 6.07) is 0.